The molecule has 1 amide bonds. The summed E-state index contributed by atoms with van der Waals surface area (Å²) in [4.78, 5) is 22.3. The molecule has 0 saturated heterocycles. The number of amidine groups is 1. The van der Waals surface area contributed by atoms with Crippen LogP contribution in [0.2, 0.25) is 0 Å². The van der Waals surface area contributed by atoms with Crippen molar-refractivity contribution in [2.45, 2.75) is 38.3 Å². The molecule has 0 spiro atoms. The molecule has 0 aliphatic carbocycles. The number of carbonyl (C=O) groups excluding carboxylic acids is 1. The van der Waals surface area contributed by atoms with Crippen LogP contribution in [0, 0.1) is 5.92 Å². The lowest BCUT2D eigenvalue weighted by Crippen LogP contribution is -2.34. The van der Waals surface area contributed by atoms with Gasteiger partial charge in [-0.15, -0.1) is 0 Å². The highest BCUT2D eigenvalue weighted by molar-refractivity contribution is 7.90. The van der Waals surface area contributed by atoms with Crippen LogP contribution >= 0.6 is 0 Å². The number of aliphatic imine (C=N–C) groups is 1. The summed E-state index contributed by atoms with van der Waals surface area (Å²) in [6.07, 6.45) is 0. The zero-order valence-corrected chi connectivity index (χ0v) is 17.8. The summed E-state index contributed by atoms with van der Waals surface area (Å²) in [5, 5.41) is 2.88. The summed E-state index contributed by atoms with van der Waals surface area (Å²) in [6, 6.07) is 13.5. The summed E-state index contributed by atoms with van der Waals surface area (Å²) in [6.45, 7) is 6.36. The Kier molecular flexibility index (Phi) is 5.07. The molecule has 0 unspecified atom stereocenters. The van der Waals surface area contributed by atoms with Crippen LogP contribution in [0.3, 0.4) is 0 Å². The van der Waals surface area contributed by atoms with Crippen LogP contribution in [0.1, 0.15) is 26.3 Å². The highest BCUT2D eigenvalue weighted by Gasteiger charge is 2.33. The summed E-state index contributed by atoms with van der Waals surface area (Å²) >= 11 is 0. The third-order valence-electron chi connectivity index (χ3n) is 5.04. The molecular weight excluding hydrogens is 402 g/mol. The average Bonchev–Trinajstić information content (AvgIpc) is 3.19. The van der Waals surface area contributed by atoms with Crippen molar-refractivity contribution >= 4 is 38.7 Å². The van der Waals surface area contributed by atoms with Gasteiger partial charge in [0.15, 0.2) is 0 Å². The number of benzene rings is 2. The Balaban J connectivity index is 1.68. The first kappa shape index (κ1) is 20.1. The fraction of sp³-hybridized carbons (Fsp3) is 0.286. The van der Waals surface area contributed by atoms with Crippen LogP contribution < -0.4 is 10.0 Å². The van der Waals surface area contributed by atoms with Crippen molar-refractivity contribution in [2.24, 2.45) is 10.9 Å². The number of nitrogens with one attached hydrogen (secondary N) is 2. The predicted molar refractivity (Wildman–Crippen MR) is 116 cm³/mol. The van der Waals surface area contributed by atoms with Gasteiger partial charge >= 0.3 is 0 Å². The van der Waals surface area contributed by atoms with Crippen molar-refractivity contribution in [1.29, 1.82) is 0 Å². The lowest BCUT2D eigenvalue weighted by atomic mass is 10.0. The van der Waals surface area contributed by atoms with Crippen molar-refractivity contribution in [3.05, 3.63) is 54.1 Å². The molecule has 2 heterocycles. The molecule has 8 nitrogen and oxygen atoms in total. The highest BCUT2D eigenvalue weighted by Crippen LogP contribution is 2.24. The molecule has 2 aromatic carbocycles. The Hall–Kier alpha value is -3.20. The Labute approximate surface area is 175 Å². The van der Waals surface area contributed by atoms with Gasteiger partial charge in [0.2, 0.25) is 5.95 Å². The van der Waals surface area contributed by atoms with Crippen LogP contribution in [-0.2, 0) is 21.4 Å². The molecule has 1 aliphatic rings. The van der Waals surface area contributed by atoms with Crippen molar-refractivity contribution in [3.63, 3.8) is 0 Å². The predicted octanol–water partition coefficient (Wildman–Crippen LogP) is 2.76. The molecule has 2 N–H and O–H groups in total. The van der Waals surface area contributed by atoms with Gasteiger partial charge in [0.05, 0.1) is 15.9 Å². The molecule has 1 atom stereocenters. The van der Waals surface area contributed by atoms with Crippen molar-refractivity contribution in [3.8, 4) is 0 Å². The van der Waals surface area contributed by atoms with Gasteiger partial charge in [0, 0.05) is 12.1 Å². The minimum Gasteiger partial charge on any atom is -0.310 e. The third kappa shape index (κ3) is 3.45. The molecule has 1 aliphatic heterocycles. The van der Waals surface area contributed by atoms with E-state index in [1.54, 1.807) is 18.2 Å². The highest BCUT2D eigenvalue weighted by atomic mass is 32.2. The number of rotatable bonds is 5. The lowest BCUT2D eigenvalue weighted by Gasteiger charge is -2.17. The third-order valence-corrected chi connectivity index (χ3v) is 6.43. The van der Waals surface area contributed by atoms with Crippen molar-refractivity contribution < 1.29 is 13.2 Å². The van der Waals surface area contributed by atoms with Gasteiger partial charge in [0.1, 0.15) is 11.9 Å². The maximum absolute atomic E-state index is 13.1. The van der Waals surface area contributed by atoms with Crippen LogP contribution in [-0.4, -0.2) is 35.8 Å². The SMILES string of the molecule is CCn1c(NC(=O)[C@@H](N=C2NS(=O)(=O)c3ccccc32)C(C)C)nc2ccccc21. The number of imidazole rings is 1. The van der Waals surface area contributed by atoms with Crippen molar-refractivity contribution in [2.75, 3.05) is 5.32 Å². The van der Waals surface area contributed by atoms with E-state index in [9.17, 15) is 13.2 Å². The summed E-state index contributed by atoms with van der Waals surface area (Å²) < 4.78 is 29.1. The number of aryl methyl sites for hydroxylation is 1. The number of para-hydroxylation sites is 2. The first-order valence-electron chi connectivity index (χ1n) is 9.78. The number of sulfonamides is 1. The zero-order chi connectivity index (χ0) is 21.5. The van der Waals surface area contributed by atoms with E-state index in [4.69, 9.17) is 0 Å². The molecule has 0 fully saturated rings. The van der Waals surface area contributed by atoms with E-state index in [0.29, 0.717) is 18.1 Å². The largest absolute Gasteiger partial charge is 0.310 e. The van der Waals surface area contributed by atoms with Crippen LogP contribution in [0.25, 0.3) is 11.0 Å². The number of amides is 1. The second-order valence-corrected chi connectivity index (χ2v) is 9.08. The maximum Gasteiger partial charge on any atom is 0.263 e. The van der Waals surface area contributed by atoms with Crippen LogP contribution in [0.15, 0.2) is 58.4 Å². The van der Waals surface area contributed by atoms with E-state index < -0.39 is 16.1 Å². The second-order valence-electron chi connectivity index (χ2n) is 7.43. The molecule has 4 rings (SSSR count). The normalized spacial score (nSPS) is 17.1. The topological polar surface area (TPSA) is 105 Å². The second kappa shape index (κ2) is 7.56. The summed E-state index contributed by atoms with van der Waals surface area (Å²) in [5.41, 5.74) is 2.19. The first-order valence-corrected chi connectivity index (χ1v) is 11.3. The van der Waals surface area contributed by atoms with Gasteiger partial charge in [0.25, 0.3) is 15.9 Å². The number of fused-ring (bicyclic) bond motifs is 2. The van der Waals surface area contributed by atoms with E-state index >= 15 is 0 Å². The fourth-order valence-electron chi connectivity index (χ4n) is 3.55. The average molecular weight is 426 g/mol. The van der Waals surface area contributed by atoms with Gasteiger partial charge in [-0.1, -0.05) is 38.1 Å². The van der Waals surface area contributed by atoms with E-state index in [2.05, 4.69) is 20.0 Å². The zero-order valence-electron chi connectivity index (χ0n) is 17.0. The molecule has 9 heteroatoms. The molecule has 156 valence electrons. The fourth-order valence-corrected chi connectivity index (χ4v) is 4.79. The minimum atomic E-state index is -3.67. The molecule has 1 aromatic heterocycles. The number of anilines is 1. The Bertz CT molecular complexity index is 1260. The number of hydrogen-bond donors (Lipinski definition) is 2. The van der Waals surface area contributed by atoms with Gasteiger partial charge < -0.3 is 4.57 Å². The molecular formula is C21H23N5O3S. The monoisotopic (exact) mass is 425 g/mol. The van der Waals surface area contributed by atoms with Crippen LogP contribution in [0.4, 0.5) is 5.95 Å². The van der Waals surface area contributed by atoms with Gasteiger partial charge in [-0.3, -0.25) is 19.8 Å². The Morgan fingerprint density at radius 1 is 1.17 bits per heavy atom. The number of aromatic nitrogens is 2. The molecule has 0 saturated carbocycles. The van der Waals surface area contributed by atoms with E-state index in [0.717, 1.165) is 11.0 Å². The molecule has 0 radical (unpaired) electrons. The van der Waals surface area contributed by atoms with E-state index in [1.165, 1.54) is 6.07 Å². The standard InChI is InChI=1S/C21H23N5O3S/c1-4-26-16-11-7-6-10-15(16)22-21(26)24-20(27)18(13(2)3)23-19-14-9-5-8-12-17(14)30(28,29)25-19/h5-13,18H,4H2,1-3H3,(H,23,25)(H,22,24,27)/t18-/m0/s1. The number of hydrogen-bond acceptors (Lipinski definition) is 5. The Morgan fingerprint density at radius 3 is 2.60 bits per heavy atom. The molecule has 30 heavy (non-hydrogen) atoms. The number of carbonyl (C=O) groups is 1. The van der Waals surface area contributed by atoms with E-state index in [-0.39, 0.29) is 22.6 Å². The lowest BCUT2D eigenvalue weighted by molar-refractivity contribution is -0.118. The number of nitrogens with zero attached hydrogens (tertiary/aromatic N) is 3. The van der Waals surface area contributed by atoms with Gasteiger partial charge in [-0.05, 0) is 37.1 Å². The molecule has 0 bridgehead atoms. The maximum atomic E-state index is 13.1. The summed E-state index contributed by atoms with van der Waals surface area (Å²) in [5.74, 6) is 0.130. The first-order chi connectivity index (χ1) is 14.3. The van der Waals surface area contributed by atoms with E-state index in [1.807, 2.05) is 49.6 Å². The van der Waals surface area contributed by atoms with Crippen LogP contribution in [0.5, 0.6) is 0 Å². The smallest absolute Gasteiger partial charge is 0.263 e. The summed E-state index contributed by atoms with van der Waals surface area (Å²) in [7, 11) is -3.67. The Morgan fingerprint density at radius 2 is 1.87 bits per heavy atom. The minimum absolute atomic E-state index is 0.158. The quantitative estimate of drug-likeness (QED) is 0.656. The van der Waals surface area contributed by atoms with Gasteiger partial charge in [-0.2, -0.15) is 0 Å². The van der Waals surface area contributed by atoms with Gasteiger partial charge in [-0.25, -0.2) is 13.4 Å². The molecule has 3 aromatic rings. The van der Waals surface area contributed by atoms with Crippen molar-refractivity contribution in [1.82, 2.24) is 14.3 Å².